The molecule has 1 saturated heterocycles. The Labute approximate surface area is 190 Å². The van der Waals surface area contributed by atoms with Crippen molar-refractivity contribution in [2.75, 3.05) is 18.6 Å². The van der Waals surface area contributed by atoms with Gasteiger partial charge in [0.05, 0.1) is 21.5 Å². The van der Waals surface area contributed by atoms with E-state index in [1.165, 1.54) is 17.0 Å². The third kappa shape index (κ3) is 5.35. The number of nitrogens with zero attached hydrogens (tertiary/aromatic N) is 1. The van der Waals surface area contributed by atoms with Crippen LogP contribution in [0.1, 0.15) is 27.4 Å². The zero-order chi connectivity index (χ0) is 22.9. The van der Waals surface area contributed by atoms with Crippen molar-refractivity contribution in [1.82, 2.24) is 4.90 Å². The van der Waals surface area contributed by atoms with Gasteiger partial charge in [-0.15, -0.1) is 0 Å². The maximum absolute atomic E-state index is 14.5. The summed E-state index contributed by atoms with van der Waals surface area (Å²) < 4.78 is 68.8. The number of halogens is 7. The summed E-state index contributed by atoms with van der Waals surface area (Å²) in [6.07, 6.45) is -2.85. The van der Waals surface area contributed by atoms with Crippen molar-refractivity contribution < 1.29 is 26.7 Å². The smallest absolute Gasteiger partial charge is 0.337 e. The predicted octanol–water partition coefficient (Wildman–Crippen LogP) is 6.82. The molecule has 1 atom stereocenters. The summed E-state index contributed by atoms with van der Waals surface area (Å²) >= 11 is 12.9. The Hall–Kier alpha value is -1.77. The minimum atomic E-state index is -4.72. The number of benzene rings is 2. The molecule has 1 aliphatic rings. The normalized spacial score (nSPS) is 15.7. The predicted molar refractivity (Wildman–Crippen MR) is 114 cm³/mol. The number of thioether (sulfide) groups is 1. The van der Waals surface area contributed by atoms with Crippen molar-refractivity contribution in [1.29, 1.82) is 0 Å². The second kappa shape index (κ2) is 9.38. The Morgan fingerprint density at radius 3 is 2.26 bits per heavy atom. The number of rotatable bonds is 5. The molecule has 0 spiro atoms. The van der Waals surface area contributed by atoms with Crippen molar-refractivity contribution >= 4 is 46.9 Å². The standard InChI is InChI=1S/C21H16Cl2F5NOS/c1-29(13-9-31-10-13)20(30)14-4-2-11(6-18(14)24)3-5-15(21(26,27)28)12-7-16(22)19(25)17(23)8-12/h2-8,13,15H,9-10H2,1H3. The highest BCUT2D eigenvalue weighted by Crippen LogP contribution is 2.39. The van der Waals surface area contributed by atoms with E-state index >= 15 is 0 Å². The fourth-order valence-corrected chi connectivity index (χ4v) is 4.38. The largest absolute Gasteiger partial charge is 0.399 e. The molecular weight excluding hydrogens is 480 g/mol. The first-order chi connectivity index (χ1) is 14.5. The Morgan fingerprint density at radius 1 is 1.16 bits per heavy atom. The Balaban J connectivity index is 1.86. The molecule has 1 aliphatic heterocycles. The number of hydrogen-bond acceptors (Lipinski definition) is 2. The van der Waals surface area contributed by atoms with Gasteiger partial charge in [0.1, 0.15) is 5.82 Å². The second-order valence-corrected chi connectivity index (χ2v) is 8.91. The summed E-state index contributed by atoms with van der Waals surface area (Å²) in [5, 5.41) is -1.07. The van der Waals surface area contributed by atoms with Gasteiger partial charge in [-0.05, 0) is 35.4 Å². The van der Waals surface area contributed by atoms with Gasteiger partial charge in [-0.25, -0.2) is 8.78 Å². The van der Waals surface area contributed by atoms with E-state index in [-0.39, 0.29) is 22.7 Å². The Bertz CT molecular complexity index is 1000. The first-order valence-electron chi connectivity index (χ1n) is 9.03. The van der Waals surface area contributed by atoms with Crippen LogP contribution in [-0.2, 0) is 0 Å². The molecule has 2 nitrogen and oxygen atoms in total. The van der Waals surface area contributed by atoms with E-state index in [0.29, 0.717) is 0 Å². The molecule has 166 valence electrons. The maximum atomic E-state index is 14.5. The van der Waals surface area contributed by atoms with Crippen LogP contribution < -0.4 is 0 Å². The molecule has 2 aromatic rings. The third-order valence-corrected chi connectivity index (χ3v) is 6.70. The lowest BCUT2D eigenvalue weighted by Gasteiger charge is -2.34. The van der Waals surface area contributed by atoms with Gasteiger partial charge in [-0.1, -0.05) is 41.4 Å². The molecule has 1 unspecified atom stereocenters. The van der Waals surface area contributed by atoms with Crippen molar-refractivity contribution in [3.8, 4) is 0 Å². The van der Waals surface area contributed by atoms with E-state index in [1.54, 1.807) is 18.8 Å². The van der Waals surface area contributed by atoms with Gasteiger partial charge in [0.15, 0.2) is 5.82 Å². The highest BCUT2D eigenvalue weighted by Gasteiger charge is 2.39. The lowest BCUT2D eigenvalue weighted by molar-refractivity contribution is -0.139. The van der Waals surface area contributed by atoms with Crippen LogP contribution in [0.5, 0.6) is 0 Å². The number of alkyl halides is 3. The van der Waals surface area contributed by atoms with E-state index in [1.807, 2.05) is 0 Å². The van der Waals surface area contributed by atoms with Crippen LogP contribution in [0.3, 0.4) is 0 Å². The first-order valence-corrected chi connectivity index (χ1v) is 10.9. The maximum Gasteiger partial charge on any atom is 0.399 e. The van der Waals surface area contributed by atoms with Crippen molar-refractivity contribution in [2.45, 2.75) is 18.1 Å². The van der Waals surface area contributed by atoms with E-state index in [9.17, 15) is 26.7 Å². The molecule has 2 aromatic carbocycles. The number of allylic oxidation sites excluding steroid dienone is 1. The molecule has 0 bridgehead atoms. The second-order valence-electron chi connectivity index (χ2n) is 7.02. The fourth-order valence-electron chi connectivity index (χ4n) is 2.98. The Kier molecular flexibility index (Phi) is 7.23. The summed E-state index contributed by atoms with van der Waals surface area (Å²) in [5.74, 6) is -2.91. The van der Waals surface area contributed by atoms with Crippen molar-refractivity contribution in [2.24, 2.45) is 0 Å². The molecule has 1 fully saturated rings. The van der Waals surface area contributed by atoms with E-state index in [0.717, 1.165) is 41.9 Å². The first kappa shape index (κ1) is 23.9. The van der Waals surface area contributed by atoms with Gasteiger partial charge >= 0.3 is 6.18 Å². The number of carbonyl (C=O) groups excluding carboxylic acids is 1. The lowest BCUT2D eigenvalue weighted by atomic mass is 9.96. The molecule has 1 heterocycles. The molecule has 0 N–H and O–H groups in total. The molecule has 0 aromatic heterocycles. The highest BCUT2D eigenvalue weighted by atomic mass is 35.5. The molecule has 3 rings (SSSR count). The van der Waals surface area contributed by atoms with Gasteiger partial charge in [0, 0.05) is 24.6 Å². The molecule has 0 saturated carbocycles. The molecule has 31 heavy (non-hydrogen) atoms. The summed E-state index contributed by atoms with van der Waals surface area (Å²) in [5.41, 5.74) is -0.377. The monoisotopic (exact) mass is 495 g/mol. The highest BCUT2D eigenvalue weighted by molar-refractivity contribution is 8.00. The minimum absolute atomic E-state index is 0.0402. The third-order valence-electron chi connectivity index (χ3n) is 4.91. The summed E-state index contributed by atoms with van der Waals surface area (Å²) in [4.78, 5) is 13.9. The van der Waals surface area contributed by atoms with Crippen molar-refractivity contribution in [3.63, 3.8) is 0 Å². The average Bonchev–Trinajstić information content (AvgIpc) is 2.63. The number of amides is 1. The zero-order valence-electron chi connectivity index (χ0n) is 16.0. The summed E-state index contributed by atoms with van der Waals surface area (Å²) in [6, 6.07) is 5.33. The van der Waals surface area contributed by atoms with Gasteiger partial charge in [-0.3, -0.25) is 4.79 Å². The topological polar surface area (TPSA) is 20.3 Å². The average molecular weight is 496 g/mol. The molecule has 0 aliphatic carbocycles. The van der Waals surface area contributed by atoms with E-state index < -0.39 is 39.7 Å². The van der Waals surface area contributed by atoms with Gasteiger partial charge in [-0.2, -0.15) is 24.9 Å². The summed E-state index contributed by atoms with van der Waals surface area (Å²) in [6.45, 7) is 0. The molecular formula is C21H16Cl2F5NOS. The van der Waals surface area contributed by atoms with Crippen LogP contribution in [-0.4, -0.2) is 41.6 Å². The van der Waals surface area contributed by atoms with Crippen LogP contribution >= 0.6 is 35.0 Å². The van der Waals surface area contributed by atoms with E-state index in [4.69, 9.17) is 23.2 Å². The Morgan fingerprint density at radius 2 is 1.77 bits per heavy atom. The summed E-state index contributed by atoms with van der Waals surface area (Å²) in [7, 11) is 1.59. The molecule has 10 heteroatoms. The zero-order valence-corrected chi connectivity index (χ0v) is 18.3. The minimum Gasteiger partial charge on any atom is -0.337 e. The van der Waals surface area contributed by atoms with Gasteiger partial charge < -0.3 is 4.90 Å². The number of hydrogen-bond donors (Lipinski definition) is 0. The quantitative estimate of drug-likeness (QED) is 0.335. The number of carbonyl (C=O) groups is 1. The van der Waals surface area contributed by atoms with Crippen LogP contribution in [0.25, 0.3) is 6.08 Å². The van der Waals surface area contributed by atoms with Crippen LogP contribution in [0.2, 0.25) is 10.0 Å². The van der Waals surface area contributed by atoms with E-state index in [2.05, 4.69) is 0 Å². The molecule has 0 radical (unpaired) electrons. The van der Waals surface area contributed by atoms with Gasteiger partial charge in [0.2, 0.25) is 0 Å². The van der Waals surface area contributed by atoms with Crippen LogP contribution in [0.4, 0.5) is 22.0 Å². The van der Waals surface area contributed by atoms with Crippen molar-refractivity contribution in [3.05, 3.63) is 74.8 Å². The fraction of sp³-hybridized carbons (Fsp3) is 0.286. The van der Waals surface area contributed by atoms with Crippen LogP contribution in [0.15, 0.2) is 36.4 Å². The van der Waals surface area contributed by atoms with Gasteiger partial charge in [0.25, 0.3) is 5.91 Å². The lowest BCUT2D eigenvalue weighted by Crippen LogP contribution is -2.45. The van der Waals surface area contributed by atoms with Crippen LogP contribution in [0, 0.1) is 11.6 Å². The SMILES string of the molecule is CN(C(=O)c1ccc(C=CC(c2cc(Cl)c(F)c(Cl)c2)C(F)(F)F)cc1F)C1CSC1. The molecule has 1 amide bonds.